The summed E-state index contributed by atoms with van der Waals surface area (Å²) in [6.07, 6.45) is 5.63. The van der Waals surface area contributed by atoms with Crippen LogP contribution in [-0.4, -0.2) is 28.7 Å². The fourth-order valence-corrected chi connectivity index (χ4v) is 4.23. The normalized spacial score (nSPS) is 11.0. The maximum Gasteiger partial charge on any atom is 0.262 e. The van der Waals surface area contributed by atoms with Gasteiger partial charge in [-0.05, 0) is 49.4 Å². The number of pyridine rings is 1. The van der Waals surface area contributed by atoms with Crippen LogP contribution < -0.4 is 4.90 Å². The van der Waals surface area contributed by atoms with Crippen LogP contribution in [0.15, 0.2) is 41.6 Å². The lowest BCUT2D eigenvalue weighted by Gasteiger charge is -2.20. The van der Waals surface area contributed by atoms with Crippen molar-refractivity contribution in [2.45, 2.75) is 31.7 Å². The molecule has 25 heavy (non-hydrogen) atoms. The highest BCUT2D eigenvalue weighted by Gasteiger charge is 2.23. The van der Waals surface area contributed by atoms with Gasteiger partial charge in [-0.25, -0.2) is 9.97 Å². The molecule has 1 aromatic carbocycles. The molecular formula is C19H21N3OS2. The predicted molar refractivity (Wildman–Crippen MR) is 107 cm³/mol. The van der Waals surface area contributed by atoms with Crippen LogP contribution in [0.3, 0.4) is 0 Å². The Bertz CT molecular complexity index is 891. The van der Waals surface area contributed by atoms with Gasteiger partial charge >= 0.3 is 0 Å². The van der Waals surface area contributed by atoms with Gasteiger partial charge in [0.15, 0.2) is 5.13 Å². The standard InChI is InChI=1S/C19H21N3OS2/c1-4-5-11-22(18(23)14-7-6-10-20-17(14)24-3)19-21-15-9-8-13(2)12-16(15)25-19/h6-10,12H,4-5,11H2,1-3H3. The number of thiazole rings is 1. The highest BCUT2D eigenvalue weighted by atomic mass is 32.2. The van der Waals surface area contributed by atoms with Crippen LogP contribution in [0.2, 0.25) is 0 Å². The Morgan fingerprint density at radius 1 is 1.32 bits per heavy atom. The summed E-state index contributed by atoms with van der Waals surface area (Å²) >= 11 is 3.06. The summed E-state index contributed by atoms with van der Waals surface area (Å²) in [5, 5.41) is 1.51. The van der Waals surface area contributed by atoms with Crippen molar-refractivity contribution in [3.63, 3.8) is 0 Å². The van der Waals surface area contributed by atoms with Gasteiger partial charge in [0.05, 0.1) is 15.8 Å². The first-order valence-corrected chi connectivity index (χ1v) is 10.4. The van der Waals surface area contributed by atoms with Crippen molar-refractivity contribution in [2.24, 2.45) is 0 Å². The summed E-state index contributed by atoms with van der Waals surface area (Å²) in [5.74, 6) is -0.0262. The van der Waals surface area contributed by atoms with E-state index in [4.69, 9.17) is 4.98 Å². The molecule has 0 unspecified atom stereocenters. The molecule has 0 N–H and O–H groups in total. The van der Waals surface area contributed by atoms with Gasteiger partial charge in [0.2, 0.25) is 0 Å². The van der Waals surface area contributed by atoms with Crippen molar-refractivity contribution in [3.05, 3.63) is 47.7 Å². The van der Waals surface area contributed by atoms with E-state index >= 15 is 0 Å². The average Bonchev–Trinajstić information content (AvgIpc) is 3.04. The summed E-state index contributed by atoms with van der Waals surface area (Å²) < 4.78 is 1.11. The second-order valence-electron chi connectivity index (χ2n) is 5.84. The van der Waals surface area contributed by atoms with E-state index in [-0.39, 0.29) is 5.91 Å². The third-order valence-electron chi connectivity index (χ3n) is 3.94. The third kappa shape index (κ3) is 3.85. The van der Waals surface area contributed by atoms with Crippen molar-refractivity contribution < 1.29 is 4.79 Å². The van der Waals surface area contributed by atoms with E-state index in [1.54, 1.807) is 22.4 Å². The average molecular weight is 372 g/mol. The zero-order valence-electron chi connectivity index (χ0n) is 14.7. The lowest BCUT2D eigenvalue weighted by Crippen LogP contribution is -2.32. The smallest absolute Gasteiger partial charge is 0.262 e. The highest BCUT2D eigenvalue weighted by molar-refractivity contribution is 7.98. The number of anilines is 1. The second-order valence-corrected chi connectivity index (χ2v) is 7.64. The Labute approximate surface area is 156 Å². The van der Waals surface area contributed by atoms with Crippen molar-refractivity contribution in [2.75, 3.05) is 17.7 Å². The molecule has 0 fully saturated rings. The van der Waals surface area contributed by atoms with E-state index in [9.17, 15) is 4.79 Å². The molecule has 2 aromatic heterocycles. The summed E-state index contributed by atoms with van der Waals surface area (Å²) in [4.78, 5) is 24.1. The van der Waals surface area contributed by atoms with Crippen LogP contribution in [-0.2, 0) is 0 Å². The molecule has 2 heterocycles. The number of carbonyl (C=O) groups is 1. The number of aryl methyl sites for hydroxylation is 1. The topological polar surface area (TPSA) is 46.1 Å². The summed E-state index contributed by atoms with van der Waals surface area (Å²) in [6.45, 7) is 4.86. The van der Waals surface area contributed by atoms with Crippen LogP contribution in [0.4, 0.5) is 5.13 Å². The van der Waals surface area contributed by atoms with Gasteiger partial charge in [-0.15, -0.1) is 11.8 Å². The van der Waals surface area contributed by atoms with Crippen molar-refractivity contribution in [3.8, 4) is 0 Å². The minimum Gasteiger partial charge on any atom is -0.284 e. The van der Waals surface area contributed by atoms with Crippen LogP contribution in [0.1, 0.15) is 35.7 Å². The SMILES string of the molecule is CCCCN(C(=O)c1cccnc1SC)c1nc2ccc(C)cc2s1. The number of rotatable bonds is 6. The molecule has 3 rings (SSSR count). The molecule has 0 saturated carbocycles. The van der Waals surface area contributed by atoms with Crippen LogP contribution >= 0.6 is 23.1 Å². The summed E-state index contributed by atoms with van der Waals surface area (Å²) in [5.41, 5.74) is 2.78. The van der Waals surface area contributed by atoms with Gasteiger partial charge in [-0.3, -0.25) is 9.69 Å². The quantitative estimate of drug-likeness (QED) is 0.561. The molecule has 130 valence electrons. The van der Waals surface area contributed by atoms with Crippen LogP contribution in [0, 0.1) is 6.92 Å². The molecule has 0 saturated heterocycles. The zero-order valence-corrected chi connectivity index (χ0v) is 16.3. The molecule has 0 spiro atoms. The fourth-order valence-electron chi connectivity index (χ4n) is 2.60. The number of benzene rings is 1. The van der Waals surface area contributed by atoms with Crippen molar-refractivity contribution in [1.29, 1.82) is 0 Å². The predicted octanol–water partition coefficient (Wildman–Crippen LogP) is 5.17. The van der Waals surface area contributed by atoms with E-state index in [2.05, 4.69) is 31.0 Å². The first-order chi connectivity index (χ1) is 12.1. The van der Waals surface area contributed by atoms with Gasteiger partial charge in [-0.2, -0.15) is 0 Å². The minimum atomic E-state index is -0.0262. The maximum atomic E-state index is 13.2. The Kier molecular flexibility index (Phi) is 5.71. The van der Waals surface area contributed by atoms with Crippen molar-refractivity contribution in [1.82, 2.24) is 9.97 Å². The molecule has 0 aliphatic carbocycles. The molecule has 0 aliphatic rings. The molecule has 6 heteroatoms. The van der Waals surface area contributed by atoms with Crippen LogP contribution in [0.5, 0.6) is 0 Å². The van der Waals surface area contributed by atoms with Gasteiger partial charge < -0.3 is 0 Å². The monoisotopic (exact) mass is 371 g/mol. The summed E-state index contributed by atoms with van der Waals surface area (Å²) in [6, 6.07) is 9.85. The number of carbonyl (C=O) groups excluding carboxylic acids is 1. The van der Waals surface area contributed by atoms with E-state index in [0.29, 0.717) is 12.1 Å². The van der Waals surface area contributed by atoms with E-state index in [1.807, 2.05) is 24.5 Å². The number of hydrogen-bond donors (Lipinski definition) is 0. The number of thioether (sulfide) groups is 1. The third-order valence-corrected chi connectivity index (χ3v) is 5.69. The Balaban J connectivity index is 2.02. The zero-order chi connectivity index (χ0) is 17.8. The number of unbranched alkanes of at least 4 members (excludes halogenated alkanes) is 1. The Morgan fingerprint density at radius 2 is 2.16 bits per heavy atom. The molecule has 0 aliphatic heterocycles. The molecule has 0 atom stereocenters. The van der Waals surface area contributed by atoms with E-state index in [0.717, 1.165) is 33.2 Å². The lowest BCUT2D eigenvalue weighted by atomic mass is 10.2. The Hall–Kier alpha value is -1.92. The van der Waals surface area contributed by atoms with Crippen molar-refractivity contribution >= 4 is 44.4 Å². The molecule has 0 bridgehead atoms. The highest BCUT2D eigenvalue weighted by Crippen LogP contribution is 2.31. The summed E-state index contributed by atoms with van der Waals surface area (Å²) in [7, 11) is 0. The molecule has 0 radical (unpaired) electrons. The molecular weight excluding hydrogens is 350 g/mol. The number of nitrogens with zero attached hydrogens (tertiary/aromatic N) is 3. The minimum absolute atomic E-state index is 0.0262. The Morgan fingerprint density at radius 3 is 2.92 bits per heavy atom. The first kappa shape index (κ1) is 17.9. The maximum absolute atomic E-state index is 13.2. The largest absolute Gasteiger partial charge is 0.284 e. The first-order valence-electron chi connectivity index (χ1n) is 8.32. The number of aromatic nitrogens is 2. The second kappa shape index (κ2) is 7.97. The molecule has 1 amide bonds. The molecule has 4 nitrogen and oxygen atoms in total. The van der Waals surface area contributed by atoms with Gasteiger partial charge in [0.25, 0.3) is 5.91 Å². The fraction of sp³-hybridized carbons (Fsp3) is 0.316. The number of hydrogen-bond acceptors (Lipinski definition) is 5. The van der Waals surface area contributed by atoms with Gasteiger partial charge in [0, 0.05) is 12.7 Å². The van der Waals surface area contributed by atoms with Gasteiger partial charge in [-0.1, -0.05) is 30.7 Å². The van der Waals surface area contributed by atoms with Gasteiger partial charge in [0.1, 0.15) is 5.03 Å². The number of amides is 1. The van der Waals surface area contributed by atoms with E-state index in [1.165, 1.54) is 17.3 Å². The lowest BCUT2D eigenvalue weighted by molar-refractivity contribution is 0.0983. The number of fused-ring (bicyclic) bond motifs is 1. The van der Waals surface area contributed by atoms with Crippen LogP contribution in [0.25, 0.3) is 10.2 Å². The van der Waals surface area contributed by atoms with E-state index < -0.39 is 0 Å². The molecule has 3 aromatic rings.